The van der Waals surface area contributed by atoms with Gasteiger partial charge in [0.05, 0.1) is 0 Å². The molecule has 1 rings (SSSR count). The van der Waals surface area contributed by atoms with Crippen LogP contribution in [0.1, 0.15) is 34.8 Å². The Bertz CT molecular complexity index is 570. The normalized spacial score (nSPS) is 11.2. The number of nitrogens with one attached hydrogen (secondary N) is 1. The molecule has 0 spiro atoms. The number of rotatable bonds is 4. The number of carbonyl (C=O) groups excluding carboxylic acids is 2. The molecule has 20 heavy (non-hydrogen) atoms. The van der Waals surface area contributed by atoms with Gasteiger partial charge in [0.15, 0.2) is 0 Å². The summed E-state index contributed by atoms with van der Waals surface area (Å²) in [5.41, 5.74) is 7.00. The highest BCUT2D eigenvalue weighted by Gasteiger charge is 2.14. The number of primary amides is 1. The quantitative estimate of drug-likeness (QED) is 0.691. The molecule has 0 saturated carbocycles. The Kier molecular flexibility index (Phi) is 5.75. The summed E-state index contributed by atoms with van der Waals surface area (Å²) in [4.78, 5) is 22.9. The highest BCUT2D eigenvalue weighted by molar-refractivity contribution is 5.96. The smallest absolute Gasteiger partial charge is 0.251 e. The number of carbonyl (C=O) groups is 2. The van der Waals surface area contributed by atoms with Gasteiger partial charge in [-0.05, 0) is 31.5 Å². The van der Waals surface area contributed by atoms with E-state index in [1.54, 1.807) is 32.0 Å². The van der Waals surface area contributed by atoms with Gasteiger partial charge >= 0.3 is 0 Å². The van der Waals surface area contributed by atoms with Crippen LogP contribution in [-0.4, -0.2) is 29.6 Å². The van der Waals surface area contributed by atoms with Gasteiger partial charge in [0.1, 0.15) is 6.61 Å². The van der Waals surface area contributed by atoms with Gasteiger partial charge in [0.25, 0.3) is 5.91 Å². The Morgan fingerprint density at radius 2 is 2.15 bits per heavy atom. The third-order valence-electron chi connectivity index (χ3n) is 2.77. The van der Waals surface area contributed by atoms with Gasteiger partial charge in [0, 0.05) is 23.6 Å². The Labute approximate surface area is 118 Å². The SMILES string of the molecule is Cc1c(C#CCO)cccc1C(=O)NC(C)CC(N)=O. The van der Waals surface area contributed by atoms with Gasteiger partial charge in [-0.1, -0.05) is 17.9 Å². The van der Waals surface area contributed by atoms with Crippen molar-refractivity contribution in [2.75, 3.05) is 6.61 Å². The van der Waals surface area contributed by atoms with Crippen molar-refractivity contribution in [1.82, 2.24) is 5.32 Å². The molecule has 0 aliphatic heterocycles. The van der Waals surface area contributed by atoms with Crippen molar-refractivity contribution >= 4 is 11.8 Å². The minimum Gasteiger partial charge on any atom is -0.384 e. The van der Waals surface area contributed by atoms with E-state index >= 15 is 0 Å². The Morgan fingerprint density at radius 1 is 1.45 bits per heavy atom. The molecule has 4 N–H and O–H groups in total. The van der Waals surface area contributed by atoms with Crippen molar-refractivity contribution in [1.29, 1.82) is 0 Å². The summed E-state index contributed by atoms with van der Waals surface area (Å²) in [6.07, 6.45) is 0.0921. The predicted molar refractivity (Wildman–Crippen MR) is 75.9 cm³/mol. The lowest BCUT2D eigenvalue weighted by molar-refractivity contribution is -0.118. The van der Waals surface area contributed by atoms with E-state index < -0.39 is 5.91 Å². The summed E-state index contributed by atoms with van der Waals surface area (Å²) in [7, 11) is 0. The summed E-state index contributed by atoms with van der Waals surface area (Å²) in [6.45, 7) is 3.27. The first kappa shape index (κ1) is 15.7. The molecule has 1 aromatic rings. The number of hydrogen-bond acceptors (Lipinski definition) is 3. The Morgan fingerprint density at radius 3 is 2.75 bits per heavy atom. The summed E-state index contributed by atoms with van der Waals surface area (Å²) in [6, 6.07) is 4.86. The van der Waals surface area contributed by atoms with E-state index in [9.17, 15) is 9.59 Å². The van der Waals surface area contributed by atoms with Crippen LogP contribution in [0.15, 0.2) is 18.2 Å². The highest BCUT2D eigenvalue weighted by Crippen LogP contribution is 2.13. The molecule has 1 unspecified atom stereocenters. The molecular weight excluding hydrogens is 256 g/mol. The molecule has 106 valence electrons. The Balaban J connectivity index is 2.91. The number of aliphatic hydroxyl groups is 1. The molecule has 0 saturated heterocycles. The minimum atomic E-state index is -0.461. The topological polar surface area (TPSA) is 92.4 Å². The van der Waals surface area contributed by atoms with Gasteiger partial charge in [-0.15, -0.1) is 0 Å². The number of amides is 2. The maximum Gasteiger partial charge on any atom is 0.251 e. The highest BCUT2D eigenvalue weighted by atomic mass is 16.2. The number of nitrogens with two attached hydrogens (primary N) is 1. The van der Waals surface area contributed by atoms with Crippen LogP contribution in [0.25, 0.3) is 0 Å². The van der Waals surface area contributed by atoms with E-state index in [1.807, 2.05) is 0 Å². The van der Waals surface area contributed by atoms with E-state index in [2.05, 4.69) is 17.2 Å². The zero-order valence-electron chi connectivity index (χ0n) is 11.6. The van der Waals surface area contributed by atoms with Crippen molar-refractivity contribution in [2.24, 2.45) is 5.73 Å². The molecular formula is C15H18N2O3. The van der Waals surface area contributed by atoms with Crippen LogP contribution in [0.3, 0.4) is 0 Å². The number of benzene rings is 1. The first-order chi connectivity index (χ1) is 9.45. The molecule has 5 nitrogen and oxygen atoms in total. The lowest BCUT2D eigenvalue weighted by atomic mass is 10.0. The van der Waals surface area contributed by atoms with Crippen LogP contribution in [-0.2, 0) is 4.79 Å². The third kappa shape index (κ3) is 4.41. The molecule has 0 fully saturated rings. The summed E-state index contributed by atoms with van der Waals surface area (Å²) in [5, 5.41) is 11.4. The molecule has 1 aromatic carbocycles. The minimum absolute atomic E-state index is 0.0921. The second-order valence-electron chi connectivity index (χ2n) is 4.48. The predicted octanol–water partition coefficient (Wildman–Crippen LogP) is 0.333. The van der Waals surface area contributed by atoms with Gasteiger partial charge in [-0.2, -0.15) is 0 Å². The summed E-state index contributed by atoms with van der Waals surface area (Å²) >= 11 is 0. The van der Waals surface area contributed by atoms with Gasteiger partial charge in [-0.3, -0.25) is 9.59 Å². The lowest BCUT2D eigenvalue weighted by Gasteiger charge is -2.13. The van der Waals surface area contributed by atoms with Crippen molar-refractivity contribution in [2.45, 2.75) is 26.3 Å². The standard InChI is InChI=1S/C15H18N2O3/c1-10(9-14(16)19)17-15(20)13-7-3-5-12(11(13)2)6-4-8-18/h3,5,7,10,18H,8-9H2,1-2H3,(H2,16,19)(H,17,20). The third-order valence-corrected chi connectivity index (χ3v) is 2.77. The Hall–Kier alpha value is -2.32. The van der Waals surface area contributed by atoms with E-state index in [1.165, 1.54) is 0 Å². The zero-order chi connectivity index (χ0) is 15.1. The first-order valence-corrected chi connectivity index (χ1v) is 6.24. The largest absolute Gasteiger partial charge is 0.384 e. The van der Waals surface area contributed by atoms with Crippen molar-refractivity contribution in [3.63, 3.8) is 0 Å². The zero-order valence-corrected chi connectivity index (χ0v) is 11.6. The second kappa shape index (κ2) is 7.31. The van der Waals surface area contributed by atoms with Crippen LogP contribution in [0.4, 0.5) is 0 Å². The first-order valence-electron chi connectivity index (χ1n) is 6.24. The lowest BCUT2D eigenvalue weighted by Crippen LogP contribution is -2.36. The molecule has 0 aliphatic carbocycles. The van der Waals surface area contributed by atoms with Crippen molar-refractivity contribution in [3.8, 4) is 11.8 Å². The average molecular weight is 274 g/mol. The van der Waals surface area contributed by atoms with Crippen LogP contribution in [0.5, 0.6) is 0 Å². The fourth-order valence-corrected chi connectivity index (χ4v) is 1.81. The van der Waals surface area contributed by atoms with Crippen LogP contribution >= 0.6 is 0 Å². The van der Waals surface area contributed by atoms with Gasteiger partial charge < -0.3 is 16.2 Å². The molecule has 0 bridgehead atoms. The fraction of sp³-hybridized carbons (Fsp3) is 0.333. The van der Waals surface area contributed by atoms with Gasteiger partial charge in [0.2, 0.25) is 5.91 Å². The van der Waals surface area contributed by atoms with Crippen molar-refractivity contribution < 1.29 is 14.7 Å². The van der Waals surface area contributed by atoms with E-state index in [0.717, 1.165) is 5.56 Å². The van der Waals surface area contributed by atoms with E-state index in [4.69, 9.17) is 10.8 Å². The molecule has 1 atom stereocenters. The maximum absolute atomic E-state index is 12.1. The summed E-state index contributed by atoms with van der Waals surface area (Å²) in [5.74, 6) is 4.61. The monoisotopic (exact) mass is 274 g/mol. The number of aliphatic hydroxyl groups excluding tert-OH is 1. The van der Waals surface area contributed by atoms with Gasteiger partial charge in [-0.25, -0.2) is 0 Å². The van der Waals surface area contributed by atoms with E-state index in [-0.39, 0.29) is 25.0 Å². The molecule has 5 heteroatoms. The molecule has 0 heterocycles. The number of hydrogen-bond donors (Lipinski definition) is 3. The maximum atomic E-state index is 12.1. The fourth-order valence-electron chi connectivity index (χ4n) is 1.81. The molecule has 0 aliphatic rings. The van der Waals surface area contributed by atoms with E-state index in [0.29, 0.717) is 11.1 Å². The van der Waals surface area contributed by atoms with Crippen LogP contribution < -0.4 is 11.1 Å². The molecule has 0 aromatic heterocycles. The van der Waals surface area contributed by atoms with Crippen LogP contribution in [0, 0.1) is 18.8 Å². The summed E-state index contributed by atoms with van der Waals surface area (Å²) < 4.78 is 0. The average Bonchev–Trinajstić information content (AvgIpc) is 2.36. The second-order valence-corrected chi connectivity index (χ2v) is 4.48. The molecule has 0 radical (unpaired) electrons. The van der Waals surface area contributed by atoms with Crippen LogP contribution in [0.2, 0.25) is 0 Å². The van der Waals surface area contributed by atoms with Crippen molar-refractivity contribution in [3.05, 3.63) is 34.9 Å². The molecule has 2 amide bonds.